The summed E-state index contributed by atoms with van der Waals surface area (Å²) in [5, 5.41) is 9.60. The molecule has 6 aromatic rings. The number of benzene rings is 2. The first-order valence-electron chi connectivity index (χ1n) is 17.2. The van der Waals surface area contributed by atoms with Gasteiger partial charge in [-0.05, 0) is 54.3 Å². The van der Waals surface area contributed by atoms with Gasteiger partial charge < -0.3 is 5.32 Å². The topological polar surface area (TPSA) is 159 Å². The lowest BCUT2D eigenvalue weighted by Crippen LogP contribution is -2.38. The minimum Gasteiger partial charge on any atom is -0.344 e. The van der Waals surface area contributed by atoms with Crippen LogP contribution in [-0.4, -0.2) is 61.1 Å². The Kier molecular flexibility index (Phi) is 9.48. The van der Waals surface area contributed by atoms with Crippen LogP contribution in [0.5, 0.6) is 0 Å². The Balaban J connectivity index is 1.33. The standard InChI is InChI=1S/C35H26ClF8N9O4S/c1-58(56,57)50-32-26-20(36)4-5-22(28(26)51(49-32)12-23(39)40)53-33(47-31-17(34(53)55)3-2-6-45-31)21(9-14-7-15(37)10-16(38)8-14)46-24(54)13-52-29-25(27(48-52)30(41)42)18-11-19(18)35(29,43)44/h2-8,10,18-19,21,23,30H,9,11-13H2,1H3,(H,46,54)(H,49,50). The molecular weight excluding hydrogens is 830 g/mol. The van der Waals surface area contributed by atoms with Crippen LogP contribution in [0.25, 0.3) is 27.6 Å². The lowest BCUT2D eigenvalue weighted by Gasteiger charge is -2.24. The summed E-state index contributed by atoms with van der Waals surface area (Å²) < 4.78 is 145. The van der Waals surface area contributed by atoms with E-state index in [0.717, 1.165) is 23.0 Å². The predicted molar refractivity (Wildman–Crippen MR) is 191 cm³/mol. The molecule has 4 heterocycles. The average Bonchev–Trinajstić information content (AvgIpc) is 3.65. The van der Waals surface area contributed by atoms with Crippen molar-refractivity contribution >= 4 is 55.3 Å². The van der Waals surface area contributed by atoms with E-state index in [9.17, 15) is 44.3 Å². The number of nitrogens with zero attached hydrogens (tertiary/aromatic N) is 7. The monoisotopic (exact) mass is 855 g/mol. The Bertz CT molecular complexity index is 2830. The van der Waals surface area contributed by atoms with Crippen LogP contribution >= 0.6 is 11.6 Å². The lowest BCUT2D eigenvalue weighted by atomic mass is 10.0. The maximum Gasteiger partial charge on any atom is 0.293 e. The largest absolute Gasteiger partial charge is 0.344 e. The summed E-state index contributed by atoms with van der Waals surface area (Å²) in [4.78, 5) is 37.1. The highest BCUT2D eigenvalue weighted by atomic mass is 35.5. The van der Waals surface area contributed by atoms with Crippen LogP contribution in [0.3, 0.4) is 0 Å². The molecule has 4 aromatic heterocycles. The van der Waals surface area contributed by atoms with Crippen molar-refractivity contribution in [2.24, 2.45) is 5.92 Å². The molecule has 1 amide bonds. The highest BCUT2D eigenvalue weighted by Crippen LogP contribution is 2.68. The molecule has 2 aliphatic rings. The molecule has 23 heteroatoms. The maximum absolute atomic E-state index is 15.4. The van der Waals surface area contributed by atoms with Crippen LogP contribution in [0.2, 0.25) is 5.02 Å². The van der Waals surface area contributed by atoms with Crippen molar-refractivity contribution in [1.82, 2.24) is 39.4 Å². The molecule has 1 fully saturated rings. The molecule has 0 aliphatic heterocycles. The van der Waals surface area contributed by atoms with E-state index in [-0.39, 0.29) is 50.2 Å². The Hall–Kier alpha value is -5.64. The summed E-state index contributed by atoms with van der Waals surface area (Å²) in [5.74, 6) is -9.86. The molecule has 0 bridgehead atoms. The van der Waals surface area contributed by atoms with Crippen LogP contribution in [0.4, 0.5) is 40.9 Å². The quantitative estimate of drug-likeness (QED) is 0.139. The molecule has 2 aromatic carbocycles. The SMILES string of the molecule is CS(=O)(=O)Nc1nn(CC(F)F)c2c(-n3c(C(Cc4cc(F)cc(F)c4)NC(=O)Cn4nc(C(F)F)c5c4C(F)(F)C4CC54)nc4ncccc4c3=O)ccc(Cl)c12. The van der Waals surface area contributed by atoms with Crippen molar-refractivity contribution in [3.05, 3.63) is 104 Å². The van der Waals surface area contributed by atoms with Gasteiger partial charge in [0.2, 0.25) is 15.9 Å². The molecule has 3 atom stereocenters. The second kappa shape index (κ2) is 14.0. The molecule has 0 saturated heterocycles. The summed E-state index contributed by atoms with van der Waals surface area (Å²) in [6.07, 6.45) is -4.90. The second-order valence-electron chi connectivity index (χ2n) is 13.9. The number of hydrogen-bond acceptors (Lipinski definition) is 8. The molecule has 2 aliphatic carbocycles. The van der Waals surface area contributed by atoms with Gasteiger partial charge in [-0.2, -0.15) is 19.0 Å². The fourth-order valence-electron chi connectivity index (χ4n) is 7.58. The number of alkyl halides is 6. The zero-order chi connectivity index (χ0) is 41.6. The van der Waals surface area contributed by atoms with Gasteiger partial charge in [0.25, 0.3) is 24.3 Å². The zero-order valence-electron chi connectivity index (χ0n) is 29.4. The molecule has 13 nitrogen and oxygen atoms in total. The number of hydrogen-bond donors (Lipinski definition) is 2. The molecule has 3 unspecified atom stereocenters. The van der Waals surface area contributed by atoms with Gasteiger partial charge >= 0.3 is 0 Å². The third-order valence-corrected chi connectivity index (χ3v) is 10.7. The molecule has 8 rings (SSSR count). The van der Waals surface area contributed by atoms with E-state index in [4.69, 9.17) is 11.6 Å². The number of rotatable bonds is 12. The first-order chi connectivity index (χ1) is 27.3. The van der Waals surface area contributed by atoms with Crippen LogP contribution < -0.4 is 15.6 Å². The Labute approximate surface area is 325 Å². The van der Waals surface area contributed by atoms with Crippen LogP contribution in [0, 0.1) is 17.6 Å². The number of halogens is 9. The molecule has 1 saturated carbocycles. The molecule has 58 heavy (non-hydrogen) atoms. The van der Waals surface area contributed by atoms with Gasteiger partial charge in [0.1, 0.15) is 41.9 Å². The summed E-state index contributed by atoms with van der Waals surface area (Å²) in [7, 11) is -4.10. The van der Waals surface area contributed by atoms with E-state index in [1.165, 1.54) is 30.5 Å². The smallest absolute Gasteiger partial charge is 0.293 e. The highest BCUT2D eigenvalue weighted by Gasteiger charge is 2.67. The number of carbonyl (C=O) groups is 1. The number of amides is 1. The lowest BCUT2D eigenvalue weighted by molar-refractivity contribution is -0.123. The van der Waals surface area contributed by atoms with Crippen molar-refractivity contribution in [2.45, 2.75) is 56.7 Å². The summed E-state index contributed by atoms with van der Waals surface area (Å²) in [5.41, 5.74) is -3.97. The molecular formula is C35H26ClF8N9O4S. The van der Waals surface area contributed by atoms with Gasteiger partial charge in [0, 0.05) is 30.2 Å². The average molecular weight is 856 g/mol. The number of fused-ring (bicyclic) bond motifs is 5. The van der Waals surface area contributed by atoms with Gasteiger partial charge in [-0.25, -0.2) is 44.7 Å². The molecule has 0 spiro atoms. The zero-order valence-corrected chi connectivity index (χ0v) is 31.0. The van der Waals surface area contributed by atoms with Crippen molar-refractivity contribution in [3.8, 4) is 5.69 Å². The van der Waals surface area contributed by atoms with Crippen molar-refractivity contribution < 1.29 is 48.3 Å². The van der Waals surface area contributed by atoms with E-state index in [2.05, 4.69) is 30.2 Å². The van der Waals surface area contributed by atoms with E-state index in [1.807, 2.05) is 0 Å². The maximum atomic E-state index is 15.4. The molecule has 2 N–H and O–H groups in total. The van der Waals surface area contributed by atoms with Gasteiger partial charge in [-0.15, -0.1) is 0 Å². The van der Waals surface area contributed by atoms with Gasteiger partial charge in [-0.1, -0.05) is 11.6 Å². The van der Waals surface area contributed by atoms with E-state index in [0.29, 0.717) is 15.4 Å². The van der Waals surface area contributed by atoms with E-state index < -0.39 is 112 Å². The molecule has 304 valence electrons. The van der Waals surface area contributed by atoms with Crippen LogP contribution in [0.15, 0.2) is 53.5 Å². The predicted octanol–water partition coefficient (Wildman–Crippen LogP) is 6.14. The summed E-state index contributed by atoms with van der Waals surface area (Å²) >= 11 is 6.49. The van der Waals surface area contributed by atoms with Crippen LogP contribution in [-0.2, 0) is 40.3 Å². The van der Waals surface area contributed by atoms with E-state index in [1.54, 1.807) is 0 Å². The fraction of sp³-hybridized carbons (Fsp3) is 0.314. The summed E-state index contributed by atoms with van der Waals surface area (Å²) in [6.45, 7) is -2.20. The fourth-order valence-corrected chi connectivity index (χ4v) is 8.32. The minimum absolute atomic E-state index is 0.0386. The third-order valence-electron chi connectivity index (χ3n) is 9.79. The van der Waals surface area contributed by atoms with Gasteiger partial charge in [0.05, 0.1) is 39.3 Å². The number of sulfonamides is 1. The third kappa shape index (κ3) is 6.90. The Morgan fingerprint density at radius 2 is 1.78 bits per heavy atom. The van der Waals surface area contributed by atoms with Gasteiger partial charge in [-0.3, -0.25) is 28.2 Å². The number of nitrogens with one attached hydrogen (secondary N) is 2. The number of anilines is 1. The van der Waals surface area contributed by atoms with E-state index >= 15 is 8.78 Å². The second-order valence-corrected chi connectivity index (χ2v) is 16.0. The normalized spacial score (nSPS) is 17.6. The number of pyridine rings is 1. The number of aromatic nitrogens is 7. The summed E-state index contributed by atoms with van der Waals surface area (Å²) in [6, 6.07) is 5.80. The highest BCUT2D eigenvalue weighted by molar-refractivity contribution is 7.92. The Morgan fingerprint density at radius 3 is 2.45 bits per heavy atom. The minimum atomic E-state index is -4.10. The Morgan fingerprint density at radius 1 is 1.05 bits per heavy atom. The van der Waals surface area contributed by atoms with Crippen LogP contribution in [0.1, 0.15) is 53.1 Å². The number of carbonyl (C=O) groups excluding carboxylic acids is 1. The van der Waals surface area contributed by atoms with Crippen molar-refractivity contribution in [1.29, 1.82) is 0 Å². The van der Waals surface area contributed by atoms with Crippen molar-refractivity contribution in [2.75, 3.05) is 11.0 Å². The van der Waals surface area contributed by atoms with Gasteiger partial charge in [0.15, 0.2) is 11.5 Å². The first kappa shape index (κ1) is 39.2. The first-order valence-corrected chi connectivity index (χ1v) is 19.4. The molecule has 0 radical (unpaired) electrons. The van der Waals surface area contributed by atoms with Crippen molar-refractivity contribution in [3.63, 3.8) is 0 Å².